The number of ether oxygens (including phenoxy) is 2. The van der Waals surface area contributed by atoms with E-state index < -0.39 is 23.5 Å². The Hall–Kier alpha value is -4.12. The van der Waals surface area contributed by atoms with Gasteiger partial charge in [-0.2, -0.15) is 36.5 Å². The van der Waals surface area contributed by atoms with Crippen molar-refractivity contribution in [2.75, 3.05) is 66.6 Å². The first-order valence-corrected chi connectivity index (χ1v) is 19.9. The Kier molecular flexibility index (Phi) is 17.0. The number of rotatable bonds is 23. The van der Waals surface area contributed by atoms with E-state index in [1.807, 2.05) is 48.7 Å². The van der Waals surface area contributed by atoms with Gasteiger partial charge in [0, 0.05) is 63.5 Å². The zero-order valence-corrected chi connectivity index (χ0v) is 35.0. The van der Waals surface area contributed by atoms with E-state index in [9.17, 15) is 26.3 Å². The summed E-state index contributed by atoms with van der Waals surface area (Å²) in [6.07, 6.45) is -4.74. The maximum absolute atomic E-state index is 14.2. The molecule has 0 atom stereocenters. The maximum Gasteiger partial charge on any atom is 0.419 e. The van der Waals surface area contributed by atoms with Gasteiger partial charge in [-0.25, -0.2) is 0 Å². The van der Waals surface area contributed by atoms with Crippen LogP contribution in [0.1, 0.15) is 74.7 Å². The summed E-state index contributed by atoms with van der Waals surface area (Å²) in [5.74, 6) is 0.455. The molecule has 2 heterocycles. The second-order valence-electron chi connectivity index (χ2n) is 15.8. The van der Waals surface area contributed by atoms with Crippen LogP contribution < -0.4 is 20.1 Å². The minimum absolute atomic E-state index is 0.138. The van der Waals surface area contributed by atoms with Gasteiger partial charge in [0.15, 0.2) is 0 Å². The molecule has 0 aliphatic heterocycles. The van der Waals surface area contributed by atoms with Crippen molar-refractivity contribution in [2.24, 2.45) is 11.8 Å². The molecule has 0 aliphatic carbocycles. The van der Waals surface area contributed by atoms with E-state index in [4.69, 9.17) is 9.47 Å². The summed E-state index contributed by atoms with van der Waals surface area (Å²) in [5, 5.41) is 21.2. The van der Waals surface area contributed by atoms with Crippen LogP contribution in [-0.4, -0.2) is 96.8 Å². The number of aromatic nitrogens is 4. The number of hydrogen-bond acceptors (Lipinski definition) is 8. The zero-order chi connectivity index (χ0) is 42.6. The summed E-state index contributed by atoms with van der Waals surface area (Å²) in [5.41, 5.74) is 3.51. The van der Waals surface area contributed by atoms with E-state index in [0.717, 1.165) is 36.5 Å². The Morgan fingerprint density at radius 1 is 0.690 bits per heavy atom. The first-order valence-electron chi connectivity index (χ1n) is 19.9. The highest BCUT2D eigenvalue weighted by Crippen LogP contribution is 2.42. The molecule has 2 aromatic carbocycles. The molecule has 16 heteroatoms. The smallest absolute Gasteiger partial charge is 0.419 e. The van der Waals surface area contributed by atoms with Crippen molar-refractivity contribution in [2.45, 2.75) is 79.8 Å². The van der Waals surface area contributed by atoms with Crippen LogP contribution in [0.2, 0.25) is 0 Å². The molecule has 0 radical (unpaired) electrons. The van der Waals surface area contributed by atoms with Crippen LogP contribution in [0.5, 0.6) is 11.5 Å². The first kappa shape index (κ1) is 46.6. The van der Waals surface area contributed by atoms with Crippen LogP contribution in [0.3, 0.4) is 0 Å². The fourth-order valence-electron chi connectivity index (χ4n) is 6.57. The number of nitrogens with one attached hydrogen (secondary N) is 4. The summed E-state index contributed by atoms with van der Waals surface area (Å²) < 4.78 is 95.5. The van der Waals surface area contributed by atoms with Crippen molar-refractivity contribution in [3.05, 3.63) is 70.3 Å². The van der Waals surface area contributed by atoms with Crippen LogP contribution in [0, 0.1) is 18.8 Å². The average molecular weight is 823 g/mol. The van der Waals surface area contributed by atoms with E-state index >= 15 is 0 Å². The number of aromatic amines is 2. The van der Waals surface area contributed by atoms with Crippen molar-refractivity contribution in [3.63, 3.8) is 0 Å². The lowest BCUT2D eigenvalue weighted by Gasteiger charge is -2.21. The molecule has 0 saturated heterocycles. The van der Waals surface area contributed by atoms with Crippen LogP contribution >= 0.6 is 0 Å². The topological polar surface area (TPSA) is 106 Å². The summed E-state index contributed by atoms with van der Waals surface area (Å²) in [7, 11) is 3.90. The third kappa shape index (κ3) is 13.5. The van der Waals surface area contributed by atoms with Gasteiger partial charge >= 0.3 is 12.4 Å². The number of alkyl halides is 6. The molecule has 322 valence electrons. The van der Waals surface area contributed by atoms with Gasteiger partial charge in [0.25, 0.3) is 0 Å². The highest BCUT2D eigenvalue weighted by Gasteiger charge is 2.36. The Labute approximate surface area is 338 Å². The quantitative estimate of drug-likeness (QED) is 0.0436. The van der Waals surface area contributed by atoms with Gasteiger partial charge in [0.1, 0.15) is 11.5 Å². The van der Waals surface area contributed by atoms with Crippen LogP contribution in [-0.2, 0) is 31.9 Å². The van der Waals surface area contributed by atoms with Gasteiger partial charge in [-0.1, -0.05) is 34.6 Å². The molecule has 0 amide bonds. The predicted octanol–water partition coefficient (Wildman–Crippen LogP) is 8.58. The Bertz CT molecular complexity index is 1870. The summed E-state index contributed by atoms with van der Waals surface area (Å²) in [6.45, 7) is 17.2. The molecule has 0 bridgehead atoms. The molecular weight excluding hydrogens is 763 g/mol. The number of H-pyrrole nitrogens is 2. The average Bonchev–Trinajstić information content (AvgIpc) is 3.79. The monoisotopic (exact) mass is 822 g/mol. The molecule has 4 rings (SSSR count). The minimum atomic E-state index is -4.57. The minimum Gasteiger partial charge on any atom is -0.493 e. The second kappa shape index (κ2) is 21.2. The molecule has 2 aromatic heterocycles. The standard InChI is InChI=1S/C42H60F6N8O2/c1-9-16-57-40-18-30(17-27(2)3)33(21-36(40)42(46,47)48)35-23-52-54-38(35)25-56(8)15-13-50-11-10-49-12-14-55(7)24-37-34(22-51-53-37)32-19-31(41(43,44)45)20-39(29(32)6)58-26-28(4)5/h18-23,27-28,49-50H,9-17,24-26H2,1-8H3,(H,51,53)(H,52,54). The molecule has 10 nitrogen and oxygen atoms in total. The fraction of sp³-hybridized carbons (Fsp3) is 0.571. The van der Waals surface area contributed by atoms with Crippen molar-refractivity contribution >= 4 is 0 Å². The second-order valence-corrected chi connectivity index (χ2v) is 15.8. The van der Waals surface area contributed by atoms with Crippen LogP contribution in [0.15, 0.2) is 36.7 Å². The van der Waals surface area contributed by atoms with Crippen molar-refractivity contribution in [1.29, 1.82) is 0 Å². The van der Waals surface area contributed by atoms with Crippen LogP contribution in [0.4, 0.5) is 26.3 Å². The largest absolute Gasteiger partial charge is 0.493 e. The van der Waals surface area contributed by atoms with Crippen LogP contribution in [0.25, 0.3) is 22.3 Å². The van der Waals surface area contributed by atoms with Gasteiger partial charge in [0.05, 0.1) is 48.1 Å². The van der Waals surface area contributed by atoms with E-state index in [-0.39, 0.29) is 29.9 Å². The molecule has 0 spiro atoms. The molecule has 0 aliphatic rings. The number of nitrogens with zero attached hydrogens (tertiary/aromatic N) is 4. The summed E-state index contributed by atoms with van der Waals surface area (Å²) in [6, 6.07) is 4.98. The number of hydrogen-bond donors (Lipinski definition) is 4. The van der Waals surface area contributed by atoms with E-state index in [1.165, 1.54) is 6.07 Å². The molecule has 0 saturated carbocycles. The van der Waals surface area contributed by atoms with Gasteiger partial charge < -0.3 is 20.1 Å². The van der Waals surface area contributed by atoms with Gasteiger partial charge in [-0.3, -0.25) is 20.0 Å². The highest BCUT2D eigenvalue weighted by molar-refractivity contribution is 5.73. The molecule has 58 heavy (non-hydrogen) atoms. The van der Waals surface area contributed by atoms with Crippen molar-refractivity contribution in [3.8, 4) is 33.8 Å². The molecule has 4 aromatic rings. The molecule has 4 N–H and O–H groups in total. The van der Waals surface area contributed by atoms with E-state index in [0.29, 0.717) is 92.2 Å². The highest BCUT2D eigenvalue weighted by atomic mass is 19.4. The maximum atomic E-state index is 14.2. The molecule has 0 unspecified atom stereocenters. The third-order valence-corrected chi connectivity index (χ3v) is 9.55. The fourth-order valence-corrected chi connectivity index (χ4v) is 6.57. The zero-order valence-electron chi connectivity index (χ0n) is 35.0. The van der Waals surface area contributed by atoms with E-state index in [1.54, 1.807) is 25.4 Å². The lowest BCUT2D eigenvalue weighted by molar-refractivity contribution is -0.139. The SMILES string of the molecule is CCCOc1cc(CC(C)C)c(-c2cn[nH]c2CN(C)CCNCCNCCN(C)Cc2[nH]ncc2-c2cc(C(F)(F)F)cc(OCC(C)C)c2C)cc1C(F)(F)F. The Morgan fingerprint density at radius 2 is 1.26 bits per heavy atom. The number of likely N-dealkylation sites (N-methyl/N-ethyl adjacent to an activating group) is 2. The Morgan fingerprint density at radius 3 is 1.76 bits per heavy atom. The molecule has 0 fully saturated rings. The van der Waals surface area contributed by atoms with Gasteiger partial charge in [-0.05, 0) is 92.2 Å². The summed E-state index contributed by atoms with van der Waals surface area (Å²) >= 11 is 0. The van der Waals surface area contributed by atoms with Crippen molar-refractivity contribution < 1.29 is 35.8 Å². The first-order chi connectivity index (χ1) is 27.4. The third-order valence-electron chi connectivity index (χ3n) is 9.55. The summed E-state index contributed by atoms with van der Waals surface area (Å²) in [4.78, 5) is 4.15. The normalized spacial score (nSPS) is 12.5. The van der Waals surface area contributed by atoms with Crippen molar-refractivity contribution in [1.82, 2.24) is 40.8 Å². The van der Waals surface area contributed by atoms with Gasteiger partial charge in [0.2, 0.25) is 0 Å². The lowest BCUT2D eigenvalue weighted by Crippen LogP contribution is -2.36. The molecular formula is C42H60F6N8O2. The lowest BCUT2D eigenvalue weighted by atomic mass is 9.91. The number of halogens is 6. The predicted molar refractivity (Wildman–Crippen MR) is 216 cm³/mol. The van der Waals surface area contributed by atoms with Gasteiger partial charge in [-0.15, -0.1) is 0 Å². The Balaban J connectivity index is 1.25. The number of benzene rings is 2. The van der Waals surface area contributed by atoms with E-state index in [2.05, 4.69) is 40.8 Å².